The molecule has 3 aromatic carbocycles. The number of anilines is 1. The zero-order valence-corrected chi connectivity index (χ0v) is 22.7. The van der Waals surface area contributed by atoms with Crippen LogP contribution in [0.3, 0.4) is 0 Å². The van der Waals surface area contributed by atoms with Gasteiger partial charge in [0.05, 0.1) is 5.02 Å². The van der Waals surface area contributed by atoms with E-state index in [0.29, 0.717) is 34.9 Å². The Morgan fingerprint density at radius 2 is 1.79 bits per heavy atom. The van der Waals surface area contributed by atoms with Gasteiger partial charge in [0.25, 0.3) is 0 Å². The first-order chi connectivity index (χ1) is 18.8. The molecule has 2 aliphatic heterocycles. The van der Waals surface area contributed by atoms with Gasteiger partial charge in [-0.25, -0.2) is 4.39 Å². The highest BCUT2D eigenvalue weighted by Crippen LogP contribution is 2.43. The summed E-state index contributed by atoms with van der Waals surface area (Å²) in [4.78, 5) is 13.9. The zero-order valence-electron chi connectivity index (χ0n) is 22.0. The van der Waals surface area contributed by atoms with Crippen LogP contribution in [0.2, 0.25) is 5.02 Å². The number of halogens is 2. The molecule has 0 radical (unpaired) electrons. The monoisotopic (exact) mass is 547 g/mol. The van der Waals surface area contributed by atoms with Gasteiger partial charge < -0.3 is 25.0 Å². The topological polar surface area (TPSA) is 73.8 Å². The molecule has 1 aliphatic carbocycles. The zero-order chi connectivity index (χ0) is 26.8. The van der Waals surface area contributed by atoms with Crippen molar-refractivity contribution in [1.29, 1.82) is 0 Å². The van der Waals surface area contributed by atoms with E-state index in [1.807, 2.05) is 24.3 Å². The van der Waals surface area contributed by atoms with E-state index in [4.69, 9.17) is 21.3 Å². The summed E-state index contributed by atoms with van der Waals surface area (Å²) in [7, 11) is 4.13. The fourth-order valence-electron chi connectivity index (χ4n) is 6.38. The highest BCUT2D eigenvalue weighted by atomic mass is 35.5. The molecule has 1 saturated carbocycles. The van der Waals surface area contributed by atoms with Gasteiger partial charge in [0.2, 0.25) is 0 Å². The van der Waals surface area contributed by atoms with Gasteiger partial charge in [-0.2, -0.15) is 9.97 Å². The third kappa shape index (κ3) is 4.35. The lowest BCUT2D eigenvalue weighted by Gasteiger charge is -2.39. The fraction of sp³-hybridized carbons (Fsp3) is 0.400. The van der Waals surface area contributed by atoms with E-state index in [0.717, 1.165) is 49.5 Å². The summed E-state index contributed by atoms with van der Waals surface area (Å²) in [5.74, 6) is 0.160. The minimum absolute atomic E-state index is 0.00764. The van der Waals surface area contributed by atoms with Crippen molar-refractivity contribution in [3.8, 4) is 22.9 Å². The quantitative estimate of drug-likeness (QED) is 0.348. The molecule has 3 fully saturated rings. The Balaban J connectivity index is 1.38. The molecule has 3 aliphatic rings. The number of ether oxygens (including phenoxy) is 1. The van der Waals surface area contributed by atoms with Crippen LogP contribution in [-0.2, 0) is 0 Å². The lowest BCUT2D eigenvalue weighted by molar-refractivity contribution is 0.0339. The van der Waals surface area contributed by atoms with Crippen molar-refractivity contribution in [1.82, 2.24) is 20.2 Å². The maximum atomic E-state index is 16.6. The number of benzene rings is 3. The van der Waals surface area contributed by atoms with Crippen LogP contribution in [-0.4, -0.2) is 71.4 Å². The Morgan fingerprint density at radius 1 is 1.05 bits per heavy atom. The average molecular weight is 548 g/mol. The molecule has 2 N–H and O–H groups in total. The Labute approximate surface area is 231 Å². The van der Waals surface area contributed by atoms with Crippen molar-refractivity contribution in [2.45, 2.75) is 49.9 Å². The van der Waals surface area contributed by atoms with Gasteiger partial charge in [0.15, 0.2) is 5.82 Å². The minimum Gasteiger partial charge on any atom is -0.508 e. The van der Waals surface area contributed by atoms with Crippen molar-refractivity contribution in [2.75, 3.05) is 32.1 Å². The molecule has 0 amide bonds. The highest BCUT2D eigenvalue weighted by molar-refractivity contribution is 6.35. The Kier molecular flexibility index (Phi) is 6.02. The molecule has 3 heterocycles. The van der Waals surface area contributed by atoms with Crippen LogP contribution >= 0.6 is 11.6 Å². The van der Waals surface area contributed by atoms with Crippen LogP contribution in [0, 0.1) is 5.82 Å². The maximum absolute atomic E-state index is 16.6. The lowest BCUT2D eigenvalue weighted by atomic mass is 9.88. The second-order valence-corrected chi connectivity index (χ2v) is 11.8. The number of hydrogen-bond donors (Lipinski definition) is 2. The molecule has 2 saturated heterocycles. The Hall–Kier alpha value is -3.20. The van der Waals surface area contributed by atoms with Gasteiger partial charge in [-0.05, 0) is 61.5 Å². The SMILES string of the molecule is CN(C)C1CC(Oc2nc(N3C[C@H]4CC[C@@H](C3)N4)c3cc(Cl)c(-c4cc(O)cc5ccccc45)c(F)c3n2)C1. The summed E-state index contributed by atoms with van der Waals surface area (Å²) in [6, 6.07) is 14.0. The summed E-state index contributed by atoms with van der Waals surface area (Å²) >= 11 is 6.83. The van der Waals surface area contributed by atoms with E-state index in [-0.39, 0.29) is 34.0 Å². The summed E-state index contributed by atoms with van der Waals surface area (Å²) in [6.45, 7) is 1.57. The normalized spacial score (nSPS) is 24.5. The molecule has 7 rings (SSSR count). The van der Waals surface area contributed by atoms with E-state index in [2.05, 4.69) is 34.2 Å². The number of phenols is 1. The van der Waals surface area contributed by atoms with Gasteiger partial charge in [0.1, 0.15) is 23.2 Å². The Morgan fingerprint density at radius 3 is 2.54 bits per heavy atom. The predicted octanol–water partition coefficient (Wildman–Crippen LogP) is 5.36. The number of hydrogen-bond acceptors (Lipinski definition) is 7. The average Bonchev–Trinajstić information content (AvgIpc) is 3.22. The van der Waals surface area contributed by atoms with Crippen LogP contribution in [0.4, 0.5) is 10.2 Å². The first kappa shape index (κ1) is 24.8. The van der Waals surface area contributed by atoms with Gasteiger partial charge >= 0.3 is 6.01 Å². The largest absolute Gasteiger partial charge is 0.508 e. The second-order valence-electron chi connectivity index (χ2n) is 11.4. The van der Waals surface area contributed by atoms with E-state index in [1.54, 1.807) is 18.2 Å². The number of aromatic nitrogens is 2. The number of phenolic OH excluding ortho intramolecular Hbond substituents is 1. The van der Waals surface area contributed by atoms with E-state index in [9.17, 15) is 5.11 Å². The number of nitrogens with one attached hydrogen (secondary N) is 1. The van der Waals surface area contributed by atoms with Crippen LogP contribution in [0.15, 0.2) is 42.5 Å². The van der Waals surface area contributed by atoms with Gasteiger partial charge in [-0.1, -0.05) is 35.9 Å². The van der Waals surface area contributed by atoms with Crippen LogP contribution in [0.25, 0.3) is 32.8 Å². The third-order valence-electron chi connectivity index (χ3n) is 8.55. The molecule has 39 heavy (non-hydrogen) atoms. The number of fused-ring (bicyclic) bond motifs is 4. The summed E-state index contributed by atoms with van der Waals surface area (Å²) < 4.78 is 22.8. The maximum Gasteiger partial charge on any atom is 0.319 e. The minimum atomic E-state index is -0.542. The van der Waals surface area contributed by atoms with Gasteiger partial charge in [-0.3, -0.25) is 0 Å². The molecule has 202 valence electrons. The summed E-state index contributed by atoms with van der Waals surface area (Å²) in [5.41, 5.74) is 0.908. The first-order valence-electron chi connectivity index (χ1n) is 13.6. The van der Waals surface area contributed by atoms with E-state index in [1.165, 1.54) is 0 Å². The number of nitrogens with zero attached hydrogens (tertiary/aromatic N) is 4. The third-order valence-corrected chi connectivity index (χ3v) is 8.84. The molecule has 0 unspecified atom stereocenters. The van der Waals surface area contributed by atoms with E-state index >= 15 is 4.39 Å². The standard InChI is InChI=1S/C30H31ClFN5O2/c1-36(2)19-10-21(11-19)39-30-34-28-24(29(35-30)37-14-17-7-8-18(15-37)33-17)13-25(31)26(27(28)32)23-12-20(38)9-16-5-3-4-6-22(16)23/h3-6,9,12-13,17-19,21,33,38H,7-8,10-11,14-15H2,1-2H3/t17-,18+,19?,21?. The lowest BCUT2D eigenvalue weighted by Crippen LogP contribution is -2.51. The molecular formula is C30H31ClFN5O2. The molecule has 1 aromatic heterocycles. The van der Waals surface area contributed by atoms with Crippen LogP contribution < -0.4 is 15.0 Å². The molecule has 0 spiro atoms. The van der Waals surface area contributed by atoms with Crippen molar-refractivity contribution in [3.63, 3.8) is 0 Å². The molecule has 4 aromatic rings. The molecule has 2 atom stereocenters. The Bertz CT molecular complexity index is 1580. The van der Waals surface area contributed by atoms with Crippen molar-refractivity contribution >= 4 is 39.1 Å². The van der Waals surface area contributed by atoms with Gasteiger partial charge in [0, 0.05) is 55.0 Å². The second kappa shape index (κ2) is 9.47. The molecule has 7 nitrogen and oxygen atoms in total. The number of piperazine rings is 1. The van der Waals surface area contributed by atoms with Crippen molar-refractivity contribution in [3.05, 3.63) is 53.3 Å². The summed E-state index contributed by atoms with van der Waals surface area (Å²) in [5, 5.41) is 16.5. The fourth-order valence-corrected chi connectivity index (χ4v) is 6.67. The number of aromatic hydroxyl groups is 1. The predicted molar refractivity (Wildman–Crippen MR) is 152 cm³/mol. The molecule has 9 heteroatoms. The number of rotatable bonds is 5. The smallest absolute Gasteiger partial charge is 0.319 e. The van der Waals surface area contributed by atoms with Gasteiger partial charge in [-0.15, -0.1) is 0 Å². The van der Waals surface area contributed by atoms with Crippen molar-refractivity contribution < 1.29 is 14.2 Å². The molecular weight excluding hydrogens is 517 g/mol. The van der Waals surface area contributed by atoms with Crippen LogP contribution in [0.1, 0.15) is 25.7 Å². The van der Waals surface area contributed by atoms with Crippen LogP contribution in [0.5, 0.6) is 11.8 Å². The molecule has 2 bridgehead atoms. The summed E-state index contributed by atoms with van der Waals surface area (Å²) in [6.07, 6.45) is 3.99. The first-order valence-corrected chi connectivity index (χ1v) is 14.0. The van der Waals surface area contributed by atoms with Crippen molar-refractivity contribution in [2.24, 2.45) is 0 Å². The van der Waals surface area contributed by atoms with E-state index < -0.39 is 5.82 Å². The highest BCUT2D eigenvalue weighted by Gasteiger charge is 2.36.